The molecule has 0 saturated heterocycles. The van der Waals surface area contributed by atoms with Crippen molar-refractivity contribution in [2.45, 2.75) is 32.2 Å². The summed E-state index contributed by atoms with van der Waals surface area (Å²) in [6, 6.07) is 3.32. The molecule has 1 aliphatic carbocycles. The van der Waals surface area contributed by atoms with Crippen LogP contribution in [0, 0.1) is 5.82 Å². The summed E-state index contributed by atoms with van der Waals surface area (Å²) in [6.45, 7) is 2.27. The van der Waals surface area contributed by atoms with Gasteiger partial charge < -0.3 is 15.8 Å². The maximum atomic E-state index is 13.6. The van der Waals surface area contributed by atoms with Crippen molar-refractivity contribution in [2.75, 3.05) is 17.7 Å². The first-order valence-electron chi connectivity index (χ1n) is 6.34. The number of benzene rings is 1. The van der Waals surface area contributed by atoms with Crippen molar-refractivity contribution < 1.29 is 9.13 Å². The first-order valence-corrected chi connectivity index (χ1v) is 6.34. The van der Waals surface area contributed by atoms with Crippen molar-refractivity contribution in [3.05, 3.63) is 30.1 Å². The van der Waals surface area contributed by atoms with Gasteiger partial charge in [-0.1, -0.05) is 12.2 Å². The van der Waals surface area contributed by atoms with E-state index in [1.54, 1.807) is 6.07 Å². The fraction of sp³-hybridized carbons (Fsp3) is 0.429. The molecule has 98 valence electrons. The van der Waals surface area contributed by atoms with Crippen LogP contribution in [0.1, 0.15) is 26.2 Å². The highest BCUT2D eigenvalue weighted by Gasteiger charge is 2.14. The van der Waals surface area contributed by atoms with Gasteiger partial charge in [-0.15, -0.1) is 0 Å². The highest BCUT2D eigenvalue weighted by Crippen LogP contribution is 2.30. The van der Waals surface area contributed by atoms with E-state index >= 15 is 0 Å². The first-order chi connectivity index (χ1) is 8.70. The second-order valence-corrected chi connectivity index (χ2v) is 4.43. The van der Waals surface area contributed by atoms with Gasteiger partial charge in [-0.05, 0) is 26.2 Å². The van der Waals surface area contributed by atoms with E-state index in [0.29, 0.717) is 18.3 Å². The maximum Gasteiger partial charge on any atom is 0.167 e. The van der Waals surface area contributed by atoms with E-state index in [0.717, 1.165) is 24.9 Å². The van der Waals surface area contributed by atoms with Crippen LogP contribution in [0.2, 0.25) is 0 Å². The molecule has 0 heterocycles. The molecule has 0 aliphatic heterocycles. The van der Waals surface area contributed by atoms with Crippen molar-refractivity contribution in [1.82, 2.24) is 0 Å². The maximum absolute atomic E-state index is 13.6. The summed E-state index contributed by atoms with van der Waals surface area (Å²) in [5.74, 6) is -0.163. The Morgan fingerprint density at radius 2 is 2.28 bits per heavy atom. The van der Waals surface area contributed by atoms with Gasteiger partial charge in [-0.2, -0.15) is 0 Å². The van der Waals surface area contributed by atoms with Gasteiger partial charge in [0.15, 0.2) is 11.6 Å². The van der Waals surface area contributed by atoms with Crippen LogP contribution < -0.4 is 15.8 Å². The fourth-order valence-corrected chi connectivity index (χ4v) is 2.10. The molecule has 0 fully saturated rings. The van der Waals surface area contributed by atoms with Crippen molar-refractivity contribution in [2.24, 2.45) is 0 Å². The summed E-state index contributed by atoms with van der Waals surface area (Å²) in [7, 11) is 0. The number of rotatable bonds is 4. The zero-order chi connectivity index (χ0) is 13.0. The van der Waals surface area contributed by atoms with Gasteiger partial charge in [0.1, 0.15) is 0 Å². The Labute approximate surface area is 107 Å². The molecule has 4 heteroatoms. The third-order valence-electron chi connectivity index (χ3n) is 3.03. The van der Waals surface area contributed by atoms with Gasteiger partial charge in [-0.3, -0.25) is 0 Å². The number of nitrogens with two attached hydrogens (primary N) is 1. The van der Waals surface area contributed by atoms with Crippen molar-refractivity contribution in [3.63, 3.8) is 0 Å². The van der Waals surface area contributed by atoms with Gasteiger partial charge in [0.2, 0.25) is 0 Å². The van der Waals surface area contributed by atoms with E-state index < -0.39 is 5.82 Å². The van der Waals surface area contributed by atoms with Crippen LogP contribution in [-0.2, 0) is 0 Å². The van der Waals surface area contributed by atoms with Gasteiger partial charge in [0, 0.05) is 18.2 Å². The van der Waals surface area contributed by atoms with Gasteiger partial charge in [0.05, 0.1) is 18.0 Å². The Morgan fingerprint density at radius 3 is 2.94 bits per heavy atom. The smallest absolute Gasteiger partial charge is 0.167 e. The Balaban J connectivity index is 2.15. The lowest BCUT2D eigenvalue weighted by molar-refractivity contribution is 0.322. The van der Waals surface area contributed by atoms with Crippen LogP contribution in [0.25, 0.3) is 0 Å². The third kappa shape index (κ3) is 2.94. The topological polar surface area (TPSA) is 47.3 Å². The minimum atomic E-state index is -0.413. The summed E-state index contributed by atoms with van der Waals surface area (Å²) >= 11 is 0. The molecule has 1 aliphatic rings. The lowest BCUT2D eigenvalue weighted by Crippen LogP contribution is -2.21. The lowest BCUT2D eigenvalue weighted by atomic mass is 10.0. The monoisotopic (exact) mass is 250 g/mol. The Kier molecular flexibility index (Phi) is 4.07. The number of ether oxygens (including phenoxy) is 1. The molecule has 0 bridgehead atoms. The molecule has 3 nitrogen and oxygen atoms in total. The quantitative estimate of drug-likeness (QED) is 0.636. The predicted octanol–water partition coefficient (Wildman–Crippen LogP) is 3.33. The molecule has 1 aromatic rings. The molecule has 0 spiro atoms. The molecule has 0 saturated carbocycles. The number of nitrogens with one attached hydrogen (secondary N) is 1. The molecule has 3 N–H and O–H groups in total. The van der Waals surface area contributed by atoms with Crippen molar-refractivity contribution >= 4 is 11.4 Å². The summed E-state index contributed by atoms with van der Waals surface area (Å²) in [5.41, 5.74) is 7.00. The summed E-state index contributed by atoms with van der Waals surface area (Å²) in [5, 5.41) is 3.35. The zero-order valence-electron chi connectivity index (χ0n) is 10.6. The zero-order valence-corrected chi connectivity index (χ0v) is 10.6. The van der Waals surface area contributed by atoms with E-state index in [1.165, 1.54) is 6.07 Å². The minimum Gasteiger partial charge on any atom is -0.491 e. The SMILES string of the molecule is CCOc1cc(NC2CC=CCC2)c(N)cc1F. The highest BCUT2D eigenvalue weighted by atomic mass is 19.1. The molecule has 18 heavy (non-hydrogen) atoms. The average molecular weight is 250 g/mol. The fourth-order valence-electron chi connectivity index (χ4n) is 2.10. The molecule has 2 rings (SSSR count). The van der Waals surface area contributed by atoms with Crippen LogP contribution >= 0.6 is 0 Å². The number of anilines is 2. The van der Waals surface area contributed by atoms with Crippen LogP contribution in [0.5, 0.6) is 5.75 Å². The second-order valence-electron chi connectivity index (χ2n) is 4.43. The summed E-state index contributed by atoms with van der Waals surface area (Å²) < 4.78 is 18.8. The van der Waals surface area contributed by atoms with Crippen LogP contribution in [0.15, 0.2) is 24.3 Å². The largest absolute Gasteiger partial charge is 0.491 e. The molecule has 0 amide bonds. The van der Waals surface area contributed by atoms with Crippen LogP contribution in [0.3, 0.4) is 0 Å². The van der Waals surface area contributed by atoms with E-state index in [4.69, 9.17) is 10.5 Å². The Bertz CT molecular complexity index is 446. The van der Waals surface area contributed by atoms with E-state index in [1.807, 2.05) is 6.92 Å². The normalized spacial score (nSPS) is 18.7. The number of hydrogen-bond donors (Lipinski definition) is 2. The lowest BCUT2D eigenvalue weighted by Gasteiger charge is -2.22. The van der Waals surface area contributed by atoms with Crippen LogP contribution in [-0.4, -0.2) is 12.6 Å². The summed E-state index contributed by atoms with van der Waals surface area (Å²) in [6.07, 6.45) is 7.44. The molecular formula is C14H19FN2O. The number of nitrogen functional groups attached to an aromatic ring is 1. The van der Waals surface area contributed by atoms with Gasteiger partial charge >= 0.3 is 0 Å². The van der Waals surface area contributed by atoms with E-state index in [9.17, 15) is 4.39 Å². The molecule has 1 unspecified atom stereocenters. The Hall–Kier alpha value is -1.71. The summed E-state index contributed by atoms with van der Waals surface area (Å²) in [4.78, 5) is 0. The highest BCUT2D eigenvalue weighted by molar-refractivity contribution is 5.69. The van der Waals surface area contributed by atoms with E-state index in [2.05, 4.69) is 17.5 Å². The minimum absolute atomic E-state index is 0.251. The Morgan fingerprint density at radius 1 is 1.44 bits per heavy atom. The molecule has 1 atom stereocenters. The number of allylic oxidation sites excluding steroid dienone is 1. The van der Waals surface area contributed by atoms with Gasteiger partial charge in [0.25, 0.3) is 0 Å². The molecular weight excluding hydrogens is 231 g/mol. The second kappa shape index (κ2) is 5.76. The molecule has 1 aromatic carbocycles. The number of hydrogen-bond acceptors (Lipinski definition) is 3. The predicted molar refractivity (Wildman–Crippen MR) is 72.4 cm³/mol. The van der Waals surface area contributed by atoms with Gasteiger partial charge in [-0.25, -0.2) is 4.39 Å². The van der Waals surface area contributed by atoms with Crippen molar-refractivity contribution in [3.8, 4) is 5.75 Å². The molecule has 0 radical (unpaired) electrons. The third-order valence-corrected chi connectivity index (χ3v) is 3.03. The number of halogens is 1. The van der Waals surface area contributed by atoms with Crippen LogP contribution in [0.4, 0.5) is 15.8 Å². The molecule has 0 aromatic heterocycles. The van der Waals surface area contributed by atoms with Crippen molar-refractivity contribution in [1.29, 1.82) is 0 Å². The van der Waals surface area contributed by atoms with E-state index in [-0.39, 0.29) is 5.75 Å². The first kappa shape index (κ1) is 12.7. The average Bonchev–Trinajstić information content (AvgIpc) is 2.37. The standard InChI is InChI=1S/C14H19FN2O/c1-2-18-14-9-13(12(16)8-11(14)15)17-10-6-4-3-5-7-10/h3-4,8-10,17H,2,5-7,16H2,1H3.